The molecule has 1 aromatic heterocycles. The molecule has 9 nitrogen and oxygen atoms in total. The maximum atomic E-state index is 12.1. The van der Waals surface area contributed by atoms with Gasteiger partial charge in [0.2, 0.25) is 0 Å². The summed E-state index contributed by atoms with van der Waals surface area (Å²) in [6.45, 7) is 0.777. The summed E-state index contributed by atoms with van der Waals surface area (Å²) < 4.78 is 1.65. The van der Waals surface area contributed by atoms with Gasteiger partial charge in [0, 0.05) is 30.7 Å². The number of nitro groups is 1. The van der Waals surface area contributed by atoms with Crippen LogP contribution in [0.3, 0.4) is 0 Å². The summed E-state index contributed by atoms with van der Waals surface area (Å²) in [6, 6.07) is 5.76. The molecule has 2 aromatic rings. The molecule has 0 saturated carbocycles. The van der Waals surface area contributed by atoms with Crippen LogP contribution < -0.4 is 16.6 Å². The van der Waals surface area contributed by atoms with Crippen molar-refractivity contribution in [2.75, 3.05) is 12.0 Å². The minimum absolute atomic E-state index is 0.0454. The smallest absolute Gasteiger partial charge is 0.282 e. The maximum absolute atomic E-state index is 12.1. The second kappa shape index (κ2) is 6.48. The van der Waals surface area contributed by atoms with Gasteiger partial charge in [-0.2, -0.15) is 5.10 Å². The van der Waals surface area contributed by atoms with Crippen molar-refractivity contribution in [2.24, 2.45) is 5.84 Å². The van der Waals surface area contributed by atoms with Crippen molar-refractivity contribution >= 4 is 17.3 Å². The van der Waals surface area contributed by atoms with E-state index in [0.29, 0.717) is 18.8 Å². The molecule has 9 heteroatoms. The highest BCUT2D eigenvalue weighted by Gasteiger charge is 2.20. The van der Waals surface area contributed by atoms with E-state index in [-0.39, 0.29) is 11.3 Å². The summed E-state index contributed by atoms with van der Waals surface area (Å²) >= 11 is 0. The maximum Gasteiger partial charge on any atom is 0.282 e. The molecule has 0 atom stereocenters. The molecule has 0 aliphatic heterocycles. The summed E-state index contributed by atoms with van der Waals surface area (Å²) in [5, 5.41) is 17.5. The second-order valence-electron chi connectivity index (χ2n) is 4.16. The molecular formula is C12H14N6O3. The van der Waals surface area contributed by atoms with E-state index in [1.54, 1.807) is 23.1 Å². The molecule has 0 aliphatic carbocycles. The molecule has 110 valence electrons. The monoisotopic (exact) mass is 290 g/mol. The molecule has 0 fully saturated rings. The number of carbonyl (C=O) groups excluding carboxylic acids is 1. The lowest BCUT2D eigenvalue weighted by Gasteiger charge is -2.08. The van der Waals surface area contributed by atoms with Gasteiger partial charge < -0.3 is 10.7 Å². The zero-order valence-corrected chi connectivity index (χ0v) is 11.0. The molecule has 21 heavy (non-hydrogen) atoms. The fraction of sp³-hybridized carbons (Fsp3) is 0.167. The number of nitrogens with two attached hydrogens (primary N) is 1. The molecule has 0 saturated heterocycles. The number of benzene rings is 1. The van der Waals surface area contributed by atoms with Crippen LogP contribution in [0.4, 0.5) is 11.4 Å². The van der Waals surface area contributed by atoms with E-state index in [0.717, 1.165) is 0 Å². The Labute approximate surface area is 119 Å². The van der Waals surface area contributed by atoms with Crippen molar-refractivity contribution in [3.8, 4) is 0 Å². The zero-order valence-electron chi connectivity index (χ0n) is 11.0. The third kappa shape index (κ3) is 3.54. The van der Waals surface area contributed by atoms with Gasteiger partial charge in [-0.05, 0) is 18.2 Å². The van der Waals surface area contributed by atoms with Gasteiger partial charge in [-0.15, -0.1) is 0 Å². The highest BCUT2D eigenvalue weighted by Crippen LogP contribution is 2.22. The number of anilines is 1. The van der Waals surface area contributed by atoms with Gasteiger partial charge in [0.1, 0.15) is 5.56 Å². The van der Waals surface area contributed by atoms with Gasteiger partial charge in [0.25, 0.3) is 11.6 Å². The zero-order chi connectivity index (χ0) is 15.2. The first-order chi connectivity index (χ1) is 10.1. The first-order valence-electron chi connectivity index (χ1n) is 6.12. The predicted molar refractivity (Wildman–Crippen MR) is 75.5 cm³/mol. The Kier molecular flexibility index (Phi) is 4.46. The molecule has 0 spiro atoms. The van der Waals surface area contributed by atoms with E-state index in [9.17, 15) is 14.9 Å². The number of nitrogens with zero attached hydrogens (tertiary/aromatic N) is 3. The van der Waals surface area contributed by atoms with Crippen molar-refractivity contribution in [1.29, 1.82) is 0 Å². The minimum Gasteiger partial charge on any atom is -0.350 e. The van der Waals surface area contributed by atoms with Crippen LogP contribution in [0.15, 0.2) is 36.7 Å². The Bertz CT molecular complexity index is 640. The molecule has 1 amide bonds. The number of nitrogen functional groups attached to an aromatic ring is 1. The number of carbonyl (C=O) groups is 1. The van der Waals surface area contributed by atoms with Gasteiger partial charge in [0.15, 0.2) is 0 Å². The molecule has 2 rings (SSSR count). The predicted octanol–water partition coefficient (Wildman–Crippen LogP) is 0.507. The summed E-state index contributed by atoms with van der Waals surface area (Å²) in [6.07, 6.45) is 3.39. The molecular weight excluding hydrogens is 276 g/mol. The lowest BCUT2D eigenvalue weighted by molar-refractivity contribution is -0.385. The summed E-state index contributed by atoms with van der Waals surface area (Å²) in [5.41, 5.74) is 2.45. The molecule has 1 aromatic carbocycles. The van der Waals surface area contributed by atoms with Crippen LogP contribution in [0.5, 0.6) is 0 Å². The van der Waals surface area contributed by atoms with E-state index in [2.05, 4.69) is 15.8 Å². The number of hydrazine groups is 1. The third-order valence-corrected chi connectivity index (χ3v) is 2.79. The second-order valence-corrected chi connectivity index (χ2v) is 4.16. The van der Waals surface area contributed by atoms with Gasteiger partial charge >= 0.3 is 0 Å². The number of aromatic nitrogens is 2. The Morgan fingerprint density at radius 2 is 2.29 bits per heavy atom. The number of hydrogen-bond acceptors (Lipinski definition) is 6. The highest BCUT2D eigenvalue weighted by molar-refractivity contribution is 5.99. The SMILES string of the molecule is NNc1ccc([N+](=O)[O-])c(C(=O)NCCn2cccn2)c1. The quantitative estimate of drug-likeness (QED) is 0.404. The van der Waals surface area contributed by atoms with E-state index in [1.807, 2.05) is 0 Å². The molecule has 1 heterocycles. The minimum atomic E-state index is -0.608. The van der Waals surface area contributed by atoms with Crippen molar-refractivity contribution in [3.63, 3.8) is 0 Å². The number of amides is 1. The van der Waals surface area contributed by atoms with Gasteiger partial charge in [-0.25, -0.2) is 0 Å². The lowest BCUT2D eigenvalue weighted by Crippen LogP contribution is -2.28. The number of rotatable bonds is 6. The molecule has 0 bridgehead atoms. The van der Waals surface area contributed by atoms with Crippen LogP contribution in [-0.2, 0) is 6.54 Å². The summed E-state index contributed by atoms with van der Waals surface area (Å²) in [5.74, 6) is 4.71. The Morgan fingerprint density at radius 1 is 1.48 bits per heavy atom. The molecule has 0 unspecified atom stereocenters. The third-order valence-electron chi connectivity index (χ3n) is 2.79. The standard InChI is InChI=1S/C12H14N6O3/c13-16-9-2-3-11(18(20)21)10(8-9)12(19)14-5-7-17-6-1-4-15-17/h1-4,6,8,16H,5,7,13H2,(H,14,19). The normalized spacial score (nSPS) is 10.1. The van der Waals surface area contributed by atoms with Crippen LogP contribution >= 0.6 is 0 Å². The van der Waals surface area contributed by atoms with Crippen LogP contribution in [-0.4, -0.2) is 27.2 Å². The van der Waals surface area contributed by atoms with Crippen molar-refractivity contribution < 1.29 is 9.72 Å². The van der Waals surface area contributed by atoms with E-state index in [1.165, 1.54) is 18.2 Å². The Balaban J connectivity index is 2.08. The lowest BCUT2D eigenvalue weighted by atomic mass is 10.1. The highest BCUT2D eigenvalue weighted by atomic mass is 16.6. The van der Waals surface area contributed by atoms with Crippen LogP contribution in [0, 0.1) is 10.1 Å². The fourth-order valence-electron chi connectivity index (χ4n) is 1.78. The van der Waals surface area contributed by atoms with Gasteiger partial charge in [-0.1, -0.05) is 0 Å². The first kappa shape index (κ1) is 14.5. The van der Waals surface area contributed by atoms with E-state index in [4.69, 9.17) is 5.84 Å². The molecule has 0 aliphatic rings. The van der Waals surface area contributed by atoms with E-state index >= 15 is 0 Å². The van der Waals surface area contributed by atoms with E-state index < -0.39 is 10.8 Å². The van der Waals surface area contributed by atoms with Crippen LogP contribution in [0.2, 0.25) is 0 Å². The van der Waals surface area contributed by atoms with Crippen LogP contribution in [0.1, 0.15) is 10.4 Å². The molecule has 0 radical (unpaired) electrons. The van der Waals surface area contributed by atoms with Gasteiger partial charge in [-0.3, -0.25) is 25.4 Å². The average Bonchev–Trinajstić information content (AvgIpc) is 2.99. The summed E-state index contributed by atoms with van der Waals surface area (Å²) in [4.78, 5) is 22.4. The number of nitro benzene ring substituents is 1. The fourth-order valence-corrected chi connectivity index (χ4v) is 1.78. The number of hydrogen-bond donors (Lipinski definition) is 3. The largest absolute Gasteiger partial charge is 0.350 e. The molecule has 4 N–H and O–H groups in total. The first-order valence-corrected chi connectivity index (χ1v) is 6.12. The summed E-state index contributed by atoms with van der Waals surface area (Å²) in [7, 11) is 0. The Morgan fingerprint density at radius 3 is 2.90 bits per heavy atom. The van der Waals surface area contributed by atoms with Crippen molar-refractivity contribution in [2.45, 2.75) is 6.54 Å². The van der Waals surface area contributed by atoms with Crippen LogP contribution in [0.25, 0.3) is 0 Å². The Hall–Kier alpha value is -2.94. The van der Waals surface area contributed by atoms with Crippen molar-refractivity contribution in [3.05, 3.63) is 52.3 Å². The van der Waals surface area contributed by atoms with Crippen molar-refractivity contribution in [1.82, 2.24) is 15.1 Å². The van der Waals surface area contributed by atoms with Gasteiger partial charge in [0.05, 0.1) is 11.5 Å². The number of nitrogens with one attached hydrogen (secondary N) is 2. The topological polar surface area (TPSA) is 128 Å². The average molecular weight is 290 g/mol.